The van der Waals surface area contributed by atoms with Gasteiger partial charge in [0.1, 0.15) is 16.9 Å². The van der Waals surface area contributed by atoms with Gasteiger partial charge >= 0.3 is 5.97 Å². The van der Waals surface area contributed by atoms with E-state index in [-0.39, 0.29) is 12.0 Å². The Morgan fingerprint density at radius 2 is 1.71 bits per heavy atom. The number of aliphatic carboxylic acids is 1. The fraction of sp³-hybridized carbons (Fsp3) is 0.400. The number of carboxylic acids is 1. The van der Waals surface area contributed by atoms with Gasteiger partial charge in [0, 0.05) is 61.3 Å². The minimum atomic E-state index is -0.782. The number of carbonyl (C=O) groups is 2. The molecule has 12 heteroatoms. The minimum absolute atomic E-state index is 0.270. The molecule has 2 fully saturated rings. The smallest absolute Gasteiger partial charge is 0.309 e. The number of nitrogens with one attached hydrogen (secondary N) is 1. The summed E-state index contributed by atoms with van der Waals surface area (Å²) >= 11 is 13.9. The van der Waals surface area contributed by atoms with E-state index in [9.17, 15) is 14.7 Å². The number of methoxy groups -OCH3 is 2. The highest BCUT2D eigenvalue weighted by atomic mass is 35.5. The molecule has 0 radical (unpaired) electrons. The van der Waals surface area contributed by atoms with Gasteiger partial charge in [-0.2, -0.15) is 4.98 Å². The highest BCUT2D eigenvalue weighted by Crippen LogP contribution is 2.45. The second-order valence-corrected chi connectivity index (χ2v) is 14.7. The van der Waals surface area contributed by atoms with Crippen molar-refractivity contribution in [3.63, 3.8) is 0 Å². The summed E-state index contributed by atoms with van der Waals surface area (Å²) in [5, 5.41) is 13.7. The number of ether oxygens (including phenoxy) is 3. The number of carboxylic acid groups (broad SMARTS) is 1. The van der Waals surface area contributed by atoms with E-state index < -0.39 is 5.97 Å². The van der Waals surface area contributed by atoms with Crippen molar-refractivity contribution in [3.05, 3.63) is 86.4 Å². The van der Waals surface area contributed by atoms with Crippen LogP contribution in [0.15, 0.2) is 48.5 Å². The molecule has 2 atom stereocenters. The van der Waals surface area contributed by atoms with Crippen LogP contribution in [-0.2, 0) is 29.1 Å². The first kappa shape index (κ1) is 36.2. The molecular weight excluding hydrogens is 703 g/mol. The third-order valence-corrected chi connectivity index (χ3v) is 11.2. The van der Waals surface area contributed by atoms with Crippen LogP contribution in [0.5, 0.6) is 17.6 Å². The van der Waals surface area contributed by atoms with Crippen LogP contribution in [0, 0.1) is 18.8 Å². The maximum atomic E-state index is 11.7. The summed E-state index contributed by atoms with van der Waals surface area (Å²) < 4.78 is 17.8. The lowest BCUT2D eigenvalue weighted by molar-refractivity contribution is -0.147. The first-order valence-electron chi connectivity index (χ1n) is 17.7. The van der Waals surface area contributed by atoms with E-state index in [2.05, 4.69) is 35.4 Å². The molecule has 1 saturated heterocycles. The predicted molar refractivity (Wildman–Crippen MR) is 199 cm³/mol. The number of hydrogen-bond donors (Lipinski definition) is 2. The van der Waals surface area contributed by atoms with E-state index in [1.54, 1.807) is 20.3 Å². The van der Waals surface area contributed by atoms with Crippen molar-refractivity contribution < 1.29 is 28.9 Å². The van der Waals surface area contributed by atoms with E-state index in [4.69, 9.17) is 42.4 Å². The lowest BCUT2D eigenvalue weighted by atomic mass is 9.94. The molecule has 0 spiro atoms. The number of aromatic nitrogens is 2. The Kier molecular flexibility index (Phi) is 10.7. The highest BCUT2D eigenvalue weighted by molar-refractivity contribution is 6.36. The summed E-state index contributed by atoms with van der Waals surface area (Å²) in [6, 6.07) is 16.0. The second-order valence-electron chi connectivity index (χ2n) is 13.9. The molecule has 0 unspecified atom stereocenters. The lowest BCUT2D eigenvalue weighted by Crippen LogP contribution is -2.49. The number of pyridine rings is 2. The Morgan fingerprint density at radius 1 is 0.962 bits per heavy atom. The molecule has 3 aliphatic rings. The van der Waals surface area contributed by atoms with Gasteiger partial charge in [0.15, 0.2) is 0 Å². The van der Waals surface area contributed by atoms with Crippen LogP contribution in [0.3, 0.4) is 0 Å². The van der Waals surface area contributed by atoms with Crippen LogP contribution < -0.4 is 19.5 Å². The molecule has 52 heavy (non-hydrogen) atoms. The van der Waals surface area contributed by atoms with Crippen LogP contribution in [-0.4, -0.2) is 65.6 Å². The normalized spacial score (nSPS) is 18.7. The van der Waals surface area contributed by atoms with Gasteiger partial charge in [0.05, 0.1) is 30.9 Å². The SMILES string of the molecule is COc1nc(O[C@H]2CCc3c(-c4cccc(-c5cc(C)c(CNC[C@@H]6CCC(=O)C6)c(OC)n5)c4Cl)cccc32)c(Cl)cc1CN1CC(C(=O)O)C1. The summed E-state index contributed by atoms with van der Waals surface area (Å²) in [6.45, 7) is 4.89. The van der Waals surface area contributed by atoms with Crippen molar-refractivity contribution in [2.24, 2.45) is 11.8 Å². The van der Waals surface area contributed by atoms with Crippen molar-refractivity contribution in [2.45, 2.75) is 58.2 Å². The number of aryl methyl sites for hydroxylation is 1. The molecule has 10 nitrogen and oxygen atoms in total. The first-order valence-corrected chi connectivity index (χ1v) is 18.4. The summed E-state index contributed by atoms with van der Waals surface area (Å²) in [5.74, 6) is 0.847. The largest absolute Gasteiger partial charge is 0.481 e. The zero-order valence-corrected chi connectivity index (χ0v) is 31.0. The Hall–Kier alpha value is -4.22. The van der Waals surface area contributed by atoms with Gasteiger partial charge in [-0.25, -0.2) is 4.98 Å². The van der Waals surface area contributed by atoms with Crippen LogP contribution in [0.25, 0.3) is 22.4 Å². The van der Waals surface area contributed by atoms with Gasteiger partial charge in [-0.05, 0) is 73.0 Å². The number of fused-ring (bicyclic) bond motifs is 1. The maximum absolute atomic E-state index is 11.7. The fourth-order valence-electron chi connectivity index (χ4n) is 7.68. The number of likely N-dealkylation sites (tertiary alicyclic amines) is 1. The molecular formula is C40H42Cl2N4O6. The molecule has 2 aliphatic carbocycles. The zero-order valence-electron chi connectivity index (χ0n) is 29.5. The number of Topliss-reactive ketones (excluding diaryl/α,β-unsaturated/α-hetero) is 1. The fourth-order valence-corrected chi connectivity index (χ4v) is 8.23. The van der Waals surface area contributed by atoms with E-state index >= 15 is 0 Å². The van der Waals surface area contributed by atoms with E-state index in [0.717, 1.165) is 76.0 Å². The minimum Gasteiger partial charge on any atom is -0.481 e. The maximum Gasteiger partial charge on any atom is 0.309 e. The molecule has 1 saturated carbocycles. The van der Waals surface area contributed by atoms with Gasteiger partial charge < -0.3 is 24.6 Å². The van der Waals surface area contributed by atoms with Crippen molar-refractivity contribution in [3.8, 4) is 40.0 Å². The van der Waals surface area contributed by atoms with E-state index in [1.807, 2.05) is 29.2 Å². The van der Waals surface area contributed by atoms with Gasteiger partial charge in [-0.1, -0.05) is 59.6 Å². The van der Waals surface area contributed by atoms with Crippen LogP contribution in [0.2, 0.25) is 10.0 Å². The summed E-state index contributed by atoms with van der Waals surface area (Å²) in [7, 11) is 3.18. The quantitative estimate of drug-likeness (QED) is 0.142. The molecule has 7 rings (SSSR count). The van der Waals surface area contributed by atoms with Crippen molar-refractivity contribution in [1.82, 2.24) is 20.2 Å². The highest BCUT2D eigenvalue weighted by Gasteiger charge is 2.34. The zero-order chi connectivity index (χ0) is 36.5. The van der Waals surface area contributed by atoms with E-state index in [1.165, 1.54) is 0 Å². The number of nitrogens with zero attached hydrogens (tertiary/aromatic N) is 3. The number of benzene rings is 2. The molecule has 3 heterocycles. The molecule has 0 amide bonds. The van der Waals surface area contributed by atoms with Gasteiger partial charge in [-0.15, -0.1) is 0 Å². The third-order valence-electron chi connectivity index (χ3n) is 10.5. The molecule has 0 bridgehead atoms. The average molecular weight is 746 g/mol. The number of carbonyl (C=O) groups excluding carboxylic acids is 1. The van der Waals surface area contributed by atoms with Crippen LogP contribution >= 0.6 is 23.2 Å². The van der Waals surface area contributed by atoms with Crippen molar-refractivity contribution >= 4 is 35.0 Å². The molecule has 4 aromatic rings. The predicted octanol–water partition coefficient (Wildman–Crippen LogP) is 7.48. The van der Waals surface area contributed by atoms with Gasteiger partial charge in [-0.3, -0.25) is 14.5 Å². The Balaban J connectivity index is 1.10. The number of hydrogen-bond acceptors (Lipinski definition) is 9. The van der Waals surface area contributed by atoms with Crippen LogP contribution in [0.4, 0.5) is 0 Å². The standard InChI is InChI=1S/C40H42Cl2N4O6/c1-22-14-34(44-38(51-3)32(22)18-43-17-23-10-11-26(47)15-23)31-9-5-8-30(36(31)42)27-6-4-7-29-28(27)12-13-35(29)52-39-33(41)16-24(37(45-39)50-2)19-46-20-25(21-46)40(48)49/h4-9,14,16,23,25,35,43H,10-13,15,17-21H2,1-3H3,(H,48,49)/t23-,35+/m1/s1. The van der Waals surface area contributed by atoms with Gasteiger partial charge in [0.25, 0.3) is 0 Å². The molecule has 272 valence electrons. The summed E-state index contributed by atoms with van der Waals surface area (Å²) in [6.07, 6.45) is 3.53. The first-order chi connectivity index (χ1) is 25.1. The monoisotopic (exact) mass is 744 g/mol. The third kappa shape index (κ3) is 7.35. The molecule has 2 N–H and O–H groups in total. The van der Waals surface area contributed by atoms with Crippen molar-refractivity contribution in [2.75, 3.05) is 33.9 Å². The summed E-state index contributed by atoms with van der Waals surface area (Å²) in [4.78, 5) is 34.5. The number of ketones is 1. The molecule has 1 aliphatic heterocycles. The topological polar surface area (TPSA) is 123 Å². The molecule has 2 aromatic heterocycles. The second kappa shape index (κ2) is 15.4. The molecule has 2 aromatic carbocycles. The number of rotatable bonds is 13. The Bertz CT molecular complexity index is 2020. The van der Waals surface area contributed by atoms with Crippen LogP contribution in [0.1, 0.15) is 59.6 Å². The van der Waals surface area contributed by atoms with Crippen molar-refractivity contribution in [1.29, 1.82) is 0 Å². The number of halogens is 2. The average Bonchev–Trinajstić information content (AvgIpc) is 3.73. The Morgan fingerprint density at radius 3 is 2.44 bits per heavy atom. The summed E-state index contributed by atoms with van der Waals surface area (Å²) in [5.41, 5.74) is 8.50. The van der Waals surface area contributed by atoms with E-state index in [0.29, 0.717) is 78.4 Å². The van der Waals surface area contributed by atoms with Gasteiger partial charge in [0.2, 0.25) is 17.6 Å². The lowest BCUT2D eigenvalue weighted by Gasteiger charge is -2.36. The Labute approximate surface area is 313 Å².